The largest absolute Gasteiger partial charge is 0.490 e. The van der Waals surface area contributed by atoms with Crippen molar-refractivity contribution in [1.29, 1.82) is 0 Å². The predicted molar refractivity (Wildman–Crippen MR) is 184 cm³/mol. The number of hydrogen-bond acceptors (Lipinski definition) is 7. The van der Waals surface area contributed by atoms with Crippen LogP contribution in [0.2, 0.25) is 0 Å². The Balaban J connectivity index is 1.14. The zero-order valence-corrected chi connectivity index (χ0v) is 28.0. The molecule has 5 aromatic rings. The summed E-state index contributed by atoms with van der Waals surface area (Å²) in [7, 11) is 0. The fourth-order valence-corrected chi connectivity index (χ4v) is 5.45. The number of nitrogens with zero attached hydrogens (tertiary/aromatic N) is 2. The van der Waals surface area contributed by atoms with E-state index >= 15 is 0 Å². The first kappa shape index (κ1) is 33.3. The fraction of sp³-hybridized carbons (Fsp3) is 0.171. The van der Waals surface area contributed by atoms with Crippen LogP contribution in [0, 0.1) is 23.2 Å². The number of para-hydroxylation sites is 1. The van der Waals surface area contributed by atoms with Gasteiger partial charge in [-0.3, -0.25) is 9.59 Å². The third kappa shape index (κ3) is 8.58. The maximum Gasteiger partial charge on any atom is 0.307 e. The number of aryl methyl sites for hydroxylation is 2. The number of aromatic nitrogens is 1. The van der Waals surface area contributed by atoms with Gasteiger partial charge in [0.25, 0.3) is 5.91 Å². The van der Waals surface area contributed by atoms with Gasteiger partial charge in [0.05, 0.1) is 22.1 Å². The summed E-state index contributed by atoms with van der Waals surface area (Å²) in [4.78, 5) is 25.0. The van der Waals surface area contributed by atoms with Gasteiger partial charge in [0.1, 0.15) is 23.9 Å². The van der Waals surface area contributed by atoms with Gasteiger partial charge < -0.3 is 28.5 Å². The van der Waals surface area contributed by atoms with Crippen molar-refractivity contribution >= 4 is 46.3 Å². The summed E-state index contributed by atoms with van der Waals surface area (Å²) in [6.07, 6.45) is 1.45. The van der Waals surface area contributed by atoms with Crippen LogP contribution in [0.5, 0.6) is 17.2 Å². The molecule has 3 aromatic carbocycles. The molecular formula is C35H32FIN4O6. The molecule has 5 rings (SSSR count). The Bertz CT molecular complexity index is 1880. The summed E-state index contributed by atoms with van der Waals surface area (Å²) in [6.45, 7) is 6.07. The number of nitrogens with one attached hydrogen (secondary N) is 2. The van der Waals surface area contributed by atoms with E-state index < -0.39 is 17.6 Å². The molecule has 2 aromatic heterocycles. The minimum atomic E-state index is -0.543. The first-order valence-electron chi connectivity index (χ1n) is 14.7. The summed E-state index contributed by atoms with van der Waals surface area (Å²) in [5.41, 5.74) is 6.48. The highest BCUT2D eigenvalue weighted by Gasteiger charge is 2.16. The standard InChI is InChI=1S/C35H32FIN4O6/c1-4-44-32-18-24(17-29(37)34(32)46-21-33(42)39-30-8-6-5-7-28(30)36)19-38-40-35(43)31-16-15-27(47-31)20-45-26-13-11-25(12-14-26)41-22(2)9-10-23(41)3/h5-19H,4,20-21H2,1-3H3,(H,39,42)(H,40,43)/b38-19+. The van der Waals surface area contributed by atoms with Crippen LogP contribution in [-0.2, 0) is 11.4 Å². The zero-order chi connectivity index (χ0) is 33.3. The summed E-state index contributed by atoms with van der Waals surface area (Å²) < 4.78 is 39.6. The Morgan fingerprint density at radius 3 is 2.43 bits per heavy atom. The van der Waals surface area contributed by atoms with E-state index in [0.29, 0.717) is 38.7 Å². The van der Waals surface area contributed by atoms with Gasteiger partial charge in [-0.1, -0.05) is 12.1 Å². The van der Waals surface area contributed by atoms with Crippen LogP contribution >= 0.6 is 22.6 Å². The average molecular weight is 751 g/mol. The lowest BCUT2D eigenvalue weighted by Gasteiger charge is -2.14. The molecule has 0 unspecified atom stereocenters. The highest BCUT2D eigenvalue weighted by molar-refractivity contribution is 14.1. The molecule has 0 spiro atoms. The van der Waals surface area contributed by atoms with Gasteiger partial charge >= 0.3 is 5.91 Å². The monoisotopic (exact) mass is 750 g/mol. The molecule has 47 heavy (non-hydrogen) atoms. The van der Waals surface area contributed by atoms with Crippen LogP contribution in [0.25, 0.3) is 5.69 Å². The second-order valence-electron chi connectivity index (χ2n) is 10.3. The minimum absolute atomic E-state index is 0.0634. The molecule has 0 saturated carbocycles. The number of benzene rings is 3. The molecule has 0 atom stereocenters. The van der Waals surface area contributed by atoms with Gasteiger partial charge in [0.2, 0.25) is 0 Å². The summed E-state index contributed by atoms with van der Waals surface area (Å²) in [5, 5.41) is 6.53. The van der Waals surface area contributed by atoms with Crippen molar-refractivity contribution in [3.63, 3.8) is 0 Å². The van der Waals surface area contributed by atoms with Crippen LogP contribution in [-0.4, -0.2) is 35.8 Å². The molecule has 2 heterocycles. The third-order valence-electron chi connectivity index (χ3n) is 6.84. The quantitative estimate of drug-likeness (QED) is 0.0748. The molecule has 0 saturated heterocycles. The highest BCUT2D eigenvalue weighted by Crippen LogP contribution is 2.34. The first-order valence-corrected chi connectivity index (χ1v) is 15.7. The molecule has 0 bridgehead atoms. The van der Waals surface area contributed by atoms with E-state index in [1.54, 1.807) is 30.3 Å². The van der Waals surface area contributed by atoms with E-state index in [1.807, 2.05) is 53.8 Å². The number of amides is 2. The number of halogens is 2. The second kappa shape index (κ2) is 15.5. The van der Waals surface area contributed by atoms with Crippen LogP contribution < -0.4 is 25.0 Å². The smallest absolute Gasteiger partial charge is 0.307 e. The van der Waals surface area contributed by atoms with Crippen LogP contribution in [0.15, 0.2) is 94.4 Å². The molecule has 0 fully saturated rings. The zero-order valence-electron chi connectivity index (χ0n) is 25.9. The van der Waals surface area contributed by atoms with Gasteiger partial charge in [-0.25, -0.2) is 9.82 Å². The molecule has 242 valence electrons. The Kier molecular flexibility index (Phi) is 10.9. The number of hydrazone groups is 1. The molecule has 0 radical (unpaired) electrons. The predicted octanol–water partition coefficient (Wildman–Crippen LogP) is 7.19. The van der Waals surface area contributed by atoms with Crippen molar-refractivity contribution in [3.8, 4) is 22.9 Å². The van der Waals surface area contributed by atoms with Crippen molar-refractivity contribution in [2.24, 2.45) is 5.10 Å². The van der Waals surface area contributed by atoms with Crippen molar-refractivity contribution in [3.05, 3.63) is 123 Å². The van der Waals surface area contributed by atoms with Crippen LogP contribution in [0.3, 0.4) is 0 Å². The average Bonchev–Trinajstić information content (AvgIpc) is 3.67. The molecule has 10 nitrogen and oxygen atoms in total. The topological polar surface area (TPSA) is 116 Å². The third-order valence-corrected chi connectivity index (χ3v) is 7.64. The lowest BCUT2D eigenvalue weighted by Crippen LogP contribution is -2.21. The van der Waals surface area contributed by atoms with E-state index in [4.69, 9.17) is 18.6 Å². The lowest BCUT2D eigenvalue weighted by molar-refractivity contribution is -0.118. The molecular weight excluding hydrogens is 718 g/mol. The molecule has 12 heteroatoms. The maximum absolute atomic E-state index is 13.9. The molecule has 0 aliphatic carbocycles. The number of anilines is 1. The highest BCUT2D eigenvalue weighted by atomic mass is 127. The van der Waals surface area contributed by atoms with Crippen molar-refractivity contribution < 1.29 is 32.6 Å². The van der Waals surface area contributed by atoms with Crippen LogP contribution in [0.1, 0.15) is 40.2 Å². The van der Waals surface area contributed by atoms with E-state index in [-0.39, 0.29) is 24.7 Å². The van der Waals surface area contributed by atoms with E-state index in [0.717, 1.165) is 17.1 Å². The van der Waals surface area contributed by atoms with Crippen LogP contribution in [0.4, 0.5) is 10.1 Å². The Morgan fingerprint density at radius 2 is 1.70 bits per heavy atom. The van der Waals surface area contributed by atoms with E-state index in [1.165, 1.54) is 24.4 Å². The van der Waals surface area contributed by atoms with Gasteiger partial charge in [0.15, 0.2) is 23.9 Å². The second-order valence-corrected chi connectivity index (χ2v) is 11.4. The fourth-order valence-electron chi connectivity index (χ4n) is 4.67. The molecule has 2 amide bonds. The lowest BCUT2D eigenvalue weighted by atomic mass is 10.2. The van der Waals surface area contributed by atoms with Gasteiger partial charge in [-0.15, -0.1) is 0 Å². The van der Waals surface area contributed by atoms with Crippen molar-refractivity contribution in [2.75, 3.05) is 18.5 Å². The van der Waals surface area contributed by atoms with E-state index in [2.05, 4.69) is 46.4 Å². The van der Waals surface area contributed by atoms with Crippen molar-refractivity contribution in [2.45, 2.75) is 27.4 Å². The number of carbonyl (C=O) groups is 2. The number of carbonyl (C=O) groups excluding carboxylic acids is 2. The first-order chi connectivity index (χ1) is 22.7. The maximum atomic E-state index is 13.9. The molecule has 0 aliphatic heterocycles. The van der Waals surface area contributed by atoms with Gasteiger partial charge in [0, 0.05) is 17.1 Å². The number of hydrogen-bond donors (Lipinski definition) is 2. The Morgan fingerprint density at radius 1 is 0.957 bits per heavy atom. The summed E-state index contributed by atoms with van der Waals surface area (Å²) in [6, 6.07) is 24.4. The number of ether oxygens (including phenoxy) is 3. The SMILES string of the molecule is CCOc1cc(/C=N/NC(=O)c2ccc(COc3ccc(-n4c(C)ccc4C)cc3)o2)cc(I)c1OCC(=O)Nc1ccccc1F. The Labute approximate surface area is 284 Å². The van der Waals surface area contributed by atoms with Gasteiger partial charge in [-0.2, -0.15) is 5.10 Å². The minimum Gasteiger partial charge on any atom is -0.490 e. The molecule has 0 aliphatic rings. The Hall–Kier alpha value is -5.11. The normalized spacial score (nSPS) is 11.0. The van der Waals surface area contributed by atoms with Crippen molar-refractivity contribution in [1.82, 2.24) is 9.99 Å². The summed E-state index contributed by atoms with van der Waals surface area (Å²) >= 11 is 2.05. The number of rotatable bonds is 13. The van der Waals surface area contributed by atoms with E-state index in [9.17, 15) is 14.0 Å². The van der Waals surface area contributed by atoms with Gasteiger partial charge in [-0.05, 0) is 122 Å². The summed E-state index contributed by atoms with van der Waals surface area (Å²) in [5.74, 6) is 0.365. The number of furan rings is 1. The molecule has 2 N–H and O–H groups in total.